The number of halogens is 2. The summed E-state index contributed by atoms with van der Waals surface area (Å²) in [6, 6.07) is 4.92. The number of nitrogens with one attached hydrogen (secondary N) is 1. The zero-order valence-electron chi connectivity index (χ0n) is 10.1. The Morgan fingerprint density at radius 3 is 2.75 bits per heavy atom. The number of thiophene rings is 1. The lowest BCUT2D eigenvalue weighted by Crippen LogP contribution is -2.25. The first-order valence-corrected chi connectivity index (χ1v) is 9.02. The van der Waals surface area contributed by atoms with Crippen molar-refractivity contribution in [2.75, 3.05) is 6.54 Å². The molecule has 5 nitrogen and oxygen atoms in total. The van der Waals surface area contributed by atoms with Crippen LogP contribution in [0.3, 0.4) is 0 Å². The van der Waals surface area contributed by atoms with Gasteiger partial charge in [0.2, 0.25) is 10.0 Å². The highest BCUT2D eigenvalue weighted by Gasteiger charge is 2.21. The van der Waals surface area contributed by atoms with Gasteiger partial charge in [-0.3, -0.25) is 0 Å². The predicted octanol–water partition coefficient (Wildman–Crippen LogP) is 2.77. The summed E-state index contributed by atoms with van der Waals surface area (Å²) in [5, 5.41) is 8.93. The Balaban J connectivity index is 2.01. The van der Waals surface area contributed by atoms with Gasteiger partial charge in [0.05, 0.1) is 4.34 Å². The van der Waals surface area contributed by atoms with Gasteiger partial charge in [0.15, 0.2) is 4.67 Å². The molecule has 110 valence electrons. The minimum Gasteiger partial charge on any atom is -0.450 e. The molecule has 2 N–H and O–H groups in total. The van der Waals surface area contributed by atoms with Crippen LogP contribution < -0.4 is 4.72 Å². The lowest BCUT2D eigenvalue weighted by Gasteiger charge is -2.03. The number of aliphatic hydroxyl groups is 1. The average molecular weight is 401 g/mol. The first kappa shape index (κ1) is 16.0. The molecule has 0 aromatic carbocycles. The molecule has 0 unspecified atom stereocenters. The van der Waals surface area contributed by atoms with Crippen molar-refractivity contribution in [3.63, 3.8) is 0 Å². The Labute approximate surface area is 133 Å². The van der Waals surface area contributed by atoms with Crippen molar-refractivity contribution < 1.29 is 17.9 Å². The molecule has 0 bridgehead atoms. The first-order chi connectivity index (χ1) is 9.42. The lowest BCUT2D eigenvalue weighted by molar-refractivity contribution is 0.245. The molecule has 0 fully saturated rings. The molecule has 9 heteroatoms. The summed E-state index contributed by atoms with van der Waals surface area (Å²) in [6.07, 6.45) is 0.555. The summed E-state index contributed by atoms with van der Waals surface area (Å²) in [5.74, 6) is 0.183. The minimum atomic E-state index is -3.67. The van der Waals surface area contributed by atoms with E-state index in [0.717, 1.165) is 4.88 Å². The molecule has 0 aliphatic heterocycles. The number of sulfonamides is 1. The zero-order chi connectivity index (χ0) is 14.8. The van der Waals surface area contributed by atoms with Gasteiger partial charge in [-0.05, 0) is 34.5 Å². The van der Waals surface area contributed by atoms with E-state index in [2.05, 4.69) is 20.7 Å². The van der Waals surface area contributed by atoms with Crippen LogP contribution in [0.25, 0.3) is 0 Å². The predicted molar refractivity (Wildman–Crippen MR) is 80.6 cm³/mol. The van der Waals surface area contributed by atoms with Crippen LogP contribution in [0, 0.1) is 0 Å². The van der Waals surface area contributed by atoms with Gasteiger partial charge in [-0.1, -0.05) is 11.6 Å². The van der Waals surface area contributed by atoms with E-state index < -0.39 is 10.0 Å². The summed E-state index contributed by atoms with van der Waals surface area (Å²) >= 11 is 10.2. The molecular weight excluding hydrogens is 390 g/mol. The largest absolute Gasteiger partial charge is 0.450 e. The highest BCUT2D eigenvalue weighted by Crippen LogP contribution is 2.26. The fourth-order valence-electron chi connectivity index (χ4n) is 1.53. The van der Waals surface area contributed by atoms with E-state index in [1.807, 2.05) is 6.07 Å². The summed E-state index contributed by atoms with van der Waals surface area (Å²) in [7, 11) is -3.67. The summed E-state index contributed by atoms with van der Waals surface area (Å²) in [4.78, 5) is 0.978. The third-order valence-corrected chi connectivity index (χ3v) is 6.05. The van der Waals surface area contributed by atoms with Crippen LogP contribution in [0.15, 0.2) is 32.2 Å². The van der Waals surface area contributed by atoms with E-state index in [0.29, 0.717) is 10.8 Å². The van der Waals surface area contributed by atoms with E-state index in [1.54, 1.807) is 6.07 Å². The van der Waals surface area contributed by atoms with Gasteiger partial charge in [0.25, 0.3) is 0 Å². The maximum atomic E-state index is 12.1. The number of furan rings is 1. The van der Waals surface area contributed by atoms with Gasteiger partial charge in [0, 0.05) is 17.5 Å². The Bertz CT molecular complexity index is 695. The molecule has 0 aliphatic rings. The molecule has 0 spiro atoms. The molecule has 2 aromatic rings. The molecule has 20 heavy (non-hydrogen) atoms. The van der Waals surface area contributed by atoms with Crippen LogP contribution in [0.4, 0.5) is 0 Å². The zero-order valence-corrected chi connectivity index (χ0v) is 14.1. The van der Waals surface area contributed by atoms with Crippen molar-refractivity contribution >= 4 is 48.9 Å². The maximum Gasteiger partial charge on any atom is 0.244 e. The van der Waals surface area contributed by atoms with Crippen LogP contribution in [-0.4, -0.2) is 20.1 Å². The molecule has 2 rings (SSSR count). The highest BCUT2D eigenvalue weighted by atomic mass is 79.9. The van der Waals surface area contributed by atoms with E-state index in [9.17, 15) is 8.42 Å². The first-order valence-electron chi connectivity index (χ1n) is 5.55. The molecular formula is C11H11BrClNO4S2. The second-order valence-corrected chi connectivity index (χ2v) is 8.12. The molecule has 0 aliphatic carbocycles. The SMILES string of the molecule is O=S(=O)(NCCc1ccc(Cl)s1)c1cc(CO)oc1Br. The van der Waals surface area contributed by atoms with Crippen LogP contribution in [0.2, 0.25) is 4.34 Å². The molecule has 0 amide bonds. The Morgan fingerprint density at radius 1 is 1.45 bits per heavy atom. The monoisotopic (exact) mass is 399 g/mol. The number of hydrogen-bond acceptors (Lipinski definition) is 5. The van der Waals surface area contributed by atoms with Gasteiger partial charge in [-0.25, -0.2) is 13.1 Å². The molecule has 0 radical (unpaired) electrons. The molecule has 2 aromatic heterocycles. The summed E-state index contributed by atoms with van der Waals surface area (Å²) in [5.41, 5.74) is 0. The third kappa shape index (κ3) is 3.84. The maximum absolute atomic E-state index is 12.1. The normalized spacial score (nSPS) is 11.9. The summed E-state index contributed by atoms with van der Waals surface area (Å²) in [6.45, 7) is -0.104. The molecule has 0 saturated carbocycles. The highest BCUT2D eigenvalue weighted by molar-refractivity contribution is 9.10. The van der Waals surface area contributed by atoms with Crippen LogP contribution in [-0.2, 0) is 23.1 Å². The van der Waals surface area contributed by atoms with E-state index in [-0.39, 0.29) is 28.5 Å². The Hall–Kier alpha value is -0.380. The van der Waals surface area contributed by atoms with E-state index >= 15 is 0 Å². The van der Waals surface area contributed by atoms with Crippen molar-refractivity contribution in [3.05, 3.63) is 37.8 Å². The smallest absolute Gasteiger partial charge is 0.244 e. The van der Waals surface area contributed by atoms with Gasteiger partial charge >= 0.3 is 0 Å². The Morgan fingerprint density at radius 2 is 2.20 bits per heavy atom. The van der Waals surface area contributed by atoms with E-state index in [4.69, 9.17) is 21.1 Å². The minimum absolute atomic E-state index is 0.0224. The Kier molecular flexibility index (Phi) is 5.27. The van der Waals surface area contributed by atoms with Crippen molar-refractivity contribution in [1.29, 1.82) is 0 Å². The van der Waals surface area contributed by atoms with Gasteiger partial charge in [-0.15, -0.1) is 11.3 Å². The lowest BCUT2D eigenvalue weighted by atomic mass is 10.3. The van der Waals surface area contributed by atoms with Crippen LogP contribution in [0.1, 0.15) is 10.6 Å². The van der Waals surface area contributed by atoms with Crippen LogP contribution in [0.5, 0.6) is 0 Å². The second kappa shape index (κ2) is 6.59. The second-order valence-electron chi connectivity index (χ2n) is 3.86. The molecule has 0 atom stereocenters. The van der Waals surface area contributed by atoms with Crippen molar-refractivity contribution in [3.8, 4) is 0 Å². The standard InChI is InChI=1S/C11H11BrClNO4S2/c12-11-9(5-7(6-15)18-11)20(16,17)14-4-3-8-1-2-10(13)19-8/h1-2,5,14-15H,3-4,6H2. The van der Waals surface area contributed by atoms with Crippen molar-refractivity contribution in [1.82, 2.24) is 4.72 Å². The third-order valence-electron chi connectivity index (χ3n) is 2.44. The van der Waals surface area contributed by atoms with E-state index in [1.165, 1.54) is 17.4 Å². The van der Waals surface area contributed by atoms with Crippen molar-refractivity contribution in [2.45, 2.75) is 17.9 Å². The summed E-state index contributed by atoms with van der Waals surface area (Å²) < 4.78 is 32.4. The molecule has 2 heterocycles. The van der Waals surface area contributed by atoms with Gasteiger partial charge in [-0.2, -0.15) is 0 Å². The molecule has 0 saturated heterocycles. The number of rotatable bonds is 6. The van der Waals surface area contributed by atoms with Crippen molar-refractivity contribution in [2.24, 2.45) is 0 Å². The fraction of sp³-hybridized carbons (Fsp3) is 0.273. The quantitative estimate of drug-likeness (QED) is 0.781. The number of hydrogen-bond donors (Lipinski definition) is 2. The average Bonchev–Trinajstić information content (AvgIpc) is 2.95. The fourth-order valence-corrected chi connectivity index (χ4v) is 4.65. The van der Waals surface area contributed by atoms with Gasteiger partial charge < -0.3 is 9.52 Å². The van der Waals surface area contributed by atoms with Gasteiger partial charge in [0.1, 0.15) is 17.3 Å². The number of aliphatic hydroxyl groups excluding tert-OH is 1. The topological polar surface area (TPSA) is 79.5 Å². The van der Waals surface area contributed by atoms with Crippen LogP contribution >= 0.6 is 38.9 Å².